The van der Waals surface area contributed by atoms with Gasteiger partial charge in [-0.15, -0.1) is 0 Å². The van der Waals surface area contributed by atoms with Gasteiger partial charge in [0, 0.05) is 17.5 Å². The Labute approximate surface area is 158 Å². The monoisotopic (exact) mass is 378 g/mol. The third-order valence-corrected chi connectivity index (χ3v) is 3.51. The zero-order valence-corrected chi connectivity index (χ0v) is 16.3. The van der Waals surface area contributed by atoms with E-state index in [0.29, 0.717) is 11.5 Å². The van der Waals surface area contributed by atoms with E-state index < -0.39 is 30.1 Å². The van der Waals surface area contributed by atoms with Gasteiger partial charge in [0.05, 0.1) is 0 Å². The van der Waals surface area contributed by atoms with Crippen molar-refractivity contribution in [3.05, 3.63) is 23.8 Å². The molecule has 1 aliphatic rings. The molecule has 0 saturated carbocycles. The van der Waals surface area contributed by atoms with E-state index >= 15 is 0 Å². The van der Waals surface area contributed by atoms with Crippen LogP contribution in [0.25, 0.3) is 0 Å². The van der Waals surface area contributed by atoms with Crippen LogP contribution in [0.2, 0.25) is 0 Å². The lowest BCUT2D eigenvalue weighted by molar-refractivity contribution is -0.150. The molecule has 0 saturated heterocycles. The summed E-state index contributed by atoms with van der Waals surface area (Å²) < 4.78 is 16.1. The summed E-state index contributed by atoms with van der Waals surface area (Å²) >= 11 is 0. The number of para-hydroxylation sites is 1. The Morgan fingerprint density at radius 2 is 1.89 bits per heavy atom. The fraction of sp³-hybridized carbons (Fsp3) is 0.526. The minimum absolute atomic E-state index is 0.325. The number of imide groups is 1. The van der Waals surface area contributed by atoms with Gasteiger partial charge in [-0.3, -0.25) is 10.1 Å². The zero-order chi connectivity index (χ0) is 20.2. The number of fused-ring (bicyclic) bond motifs is 1. The molecule has 1 aliphatic heterocycles. The second kappa shape index (κ2) is 7.85. The number of carbonyl (C=O) groups excluding carboxylic acids is 3. The molecule has 0 aromatic heterocycles. The van der Waals surface area contributed by atoms with E-state index in [1.807, 2.05) is 26.0 Å². The van der Waals surface area contributed by atoms with Gasteiger partial charge in [-0.1, -0.05) is 12.1 Å². The van der Waals surface area contributed by atoms with Crippen molar-refractivity contribution in [1.29, 1.82) is 0 Å². The third kappa shape index (κ3) is 6.47. The van der Waals surface area contributed by atoms with Crippen molar-refractivity contribution >= 4 is 17.9 Å². The van der Waals surface area contributed by atoms with Crippen molar-refractivity contribution in [3.63, 3.8) is 0 Å². The molecule has 8 heteroatoms. The van der Waals surface area contributed by atoms with Gasteiger partial charge < -0.3 is 19.5 Å². The van der Waals surface area contributed by atoms with E-state index in [4.69, 9.17) is 14.2 Å². The first-order valence-electron chi connectivity index (χ1n) is 8.66. The van der Waals surface area contributed by atoms with Gasteiger partial charge in [-0.25, -0.2) is 9.59 Å². The van der Waals surface area contributed by atoms with E-state index in [0.717, 1.165) is 12.0 Å². The predicted octanol–water partition coefficient (Wildman–Crippen LogP) is 1.95. The van der Waals surface area contributed by atoms with Crippen LogP contribution in [0.5, 0.6) is 11.5 Å². The van der Waals surface area contributed by atoms with E-state index in [1.165, 1.54) is 0 Å². The SMILES string of the molecule is CC(C)(C)NC(=O)NC(=O)COC(=O)COc1cccc2c1OC(C)(C)C2. The number of ether oxygens (including phenoxy) is 3. The number of nitrogens with one attached hydrogen (secondary N) is 2. The number of carbonyl (C=O) groups is 3. The van der Waals surface area contributed by atoms with E-state index in [2.05, 4.69) is 10.6 Å². The van der Waals surface area contributed by atoms with Crippen molar-refractivity contribution < 1.29 is 28.6 Å². The van der Waals surface area contributed by atoms with Crippen LogP contribution in [0, 0.1) is 0 Å². The summed E-state index contributed by atoms with van der Waals surface area (Å²) in [5.41, 5.74) is 0.199. The topological polar surface area (TPSA) is 103 Å². The summed E-state index contributed by atoms with van der Waals surface area (Å²) in [7, 11) is 0. The van der Waals surface area contributed by atoms with Crippen LogP contribution < -0.4 is 20.1 Å². The molecule has 0 atom stereocenters. The highest BCUT2D eigenvalue weighted by Gasteiger charge is 2.32. The van der Waals surface area contributed by atoms with Crippen LogP contribution in [0.1, 0.15) is 40.2 Å². The molecule has 148 valence electrons. The molecule has 1 aromatic rings. The molecule has 0 spiro atoms. The summed E-state index contributed by atoms with van der Waals surface area (Å²) in [6.07, 6.45) is 0.751. The second-order valence-corrected chi connectivity index (χ2v) is 7.98. The molecule has 2 rings (SSSR count). The molecule has 8 nitrogen and oxygen atoms in total. The highest BCUT2D eigenvalue weighted by molar-refractivity contribution is 5.95. The van der Waals surface area contributed by atoms with Crippen LogP contribution in [-0.2, 0) is 20.7 Å². The van der Waals surface area contributed by atoms with Crippen molar-refractivity contribution in [3.8, 4) is 11.5 Å². The van der Waals surface area contributed by atoms with Gasteiger partial charge in [0.1, 0.15) is 5.60 Å². The third-order valence-electron chi connectivity index (χ3n) is 3.51. The number of esters is 1. The Morgan fingerprint density at radius 3 is 2.56 bits per heavy atom. The predicted molar refractivity (Wildman–Crippen MR) is 97.7 cm³/mol. The van der Waals surface area contributed by atoms with Gasteiger partial charge in [0.2, 0.25) is 0 Å². The van der Waals surface area contributed by atoms with Crippen molar-refractivity contribution in [2.24, 2.45) is 0 Å². The Kier molecular flexibility index (Phi) is 5.98. The Balaban J connectivity index is 1.77. The highest BCUT2D eigenvalue weighted by atomic mass is 16.6. The van der Waals surface area contributed by atoms with Crippen molar-refractivity contribution in [1.82, 2.24) is 10.6 Å². The first-order valence-corrected chi connectivity index (χ1v) is 8.66. The highest BCUT2D eigenvalue weighted by Crippen LogP contribution is 2.41. The van der Waals surface area contributed by atoms with E-state index in [9.17, 15) is 14.4 Å². The number of rotatable bonds is 5. The first-order chi connectivity index (χ1) is 12.5. The zero-order valence-electron chi connectivity index (χ0n) is 16.3. The van der Waals surface area contributed by atoms with Crippen LogP contribution >= 0.6 is 0 Å². The van der Waals surface area contributed by atoms with Gasteiger partial charge in [0.15, 0.2) is 24.7 Å². The average molecular weight is 378 g/mol. The number of amides is 3. The molecule has 0 fully saturated rings. The molecule has 27 heavy (non-hydrogen) atoms. The maximum Gasteiger partial charge on any atom is 0.344 e. The van der Waals surface area contributed by atoms with Gasteiger partial charge in [-0.2, -0.15) is 0 Å². The molecule has 1 heterocycles. The minimum atomic E-state index is -0.726. The summed E-state index contributed by atoms with van der Waals surface area (Å²) in [5, 5.41) is 4.65. The van der Waals surface area contributed by atoms with Crippen molar-refractivity contribution in [2.45, 2.75) is 52.2 Å². The number of hydrogen-bond acceptors (Lipinski definition) is 6. The average Bonchev–Trinajstić information content (AvgIpc) is 2.83. The molecule has 0 radical (unpaired) electrons. The lowest BCUT2D eigenvalue weighted by Crippen LogP contribution is -2.49. The van der Waals surface area contributed by atoms with Crippen LogP contribution in [0.3, 0.4) is 0 Å². The molecule has 2 N–H and O–H groups in total. The van der Waals surface area contributed by atoms with E-state index in [-0.39, 0.29) is 12.2 Å². The maximum absolute atomic E-state index is 11.8. The van der Waals surface area contributed by atoms with Gasteiger partial charge in [0.25, 0.3) is 5.91 Å². The smallest absolute Gasteiger partial charge is 0.344 e. The van der Waals surface area contributed by atoms with Crippen LogP contribution in [0.4, 0.5) is 4.79 Å². The fourth-order valence-electron chi connectivity index (χ4n) is 2.56. The molecule has 3 amide bonds. The summed E-state index contributed by atoms with van der Waals surface area (Å²) in [6.45, 7) is 8.33. The molecule has 1 aromatic carbocycles. The Hall–Kier alpha value is -2.77. The molecule has 0 aliphatic carbocycles. The quantitative estimate of drug-likeness (QED) is 0.759. The normalized spacial score (nSPS) is 14.6. The standard InChI is InChI=1S/C19H26N2O6/c1-18(2,3)21-17(24)20-14(22)10-26-15(23)11-25-13-8-6-7-12-9-19(4,5)27-16(12)13/h6-8H,9-11H2,1-5H3,(H2,20,21,22,24). The van der Waals surface area contributed by atoms with Crippen molar-refractivity contribution in [2.75, 3.05) is 13.2 Å². The lowest BCUT2D eigenvalue weighted by Gasteiger charge is -2.20. The maximum atomic E-state index is 11.8. The van der Waals surface area contributed by atoms with Crippen LogP contribution in [-0.4, -0.2) is 42.3 Å². The summed E-state index contributed by atoms with van der Waals surface area (Å²) in [5.74, 6) is -0.386. The minimum Gasteiger partial charge on any atom is -0.483 e. The molecular formula is C19H26N2O6. The van der Waals surface area contributed by atoms with Gasteiger partial charge in [-0.05, 0) is 40.7 Å². The van der Waals surface area contributed by atoms with Crippen LogP contribution in [0.15, 0.2) is 18.2 Å². The first kappa shape index (κ1) is 20.5. The Bertz CT molecular complexity index is 736. The van der Waals surface area contributed by atoms with E-state index in [1.54, 1.807) is 26.8 Å². The Morgan fingerprint density at radius 1 is 1.19 bits per heavy atom. The number of benzene rings is 1. The molecule has 0 unspecified atom stereocenters. The number of hydrogen-bond donors (Lipinski definition) is 2. The second-order valence-electron chi connectivity index (χ2n) is 7.98. The molecular weight excluding hydrogens is 352 g/mol. The summed E-state index contributed by atoms with van der Waals surface area (Å²) in [6, 6.07) is 4.82. The summed E-state index contributed by atoms with van der Waals surface area (Å²) in [4.78, 5) is 35.0. The lowest BCUT2D eigenvalue weighted by atomic mass is 10.0. The fourth-order valence-corrected chi connectivity index (χ4v) is 2.56. The molecule has 0 bridgehead atoms. The van der Waals surface area contributed by atoms with Gasteiger partial charge >= 0.3 is 12.0 Å². The number of urea groups is 1. The largest absolute Gasteiger partial charge is 0.483 e.